The molecule has 0 amide bonds. The van der Waals surface area contributed by atoms with Crippen LogP contribution in [0.2, 0.25) is 0 Å². The molecule has 0 aromatic carbocycles. The van der Waals surface area contributed by atoms with Crippen LogP contribution in [0.15, 0.2) is 18.6 Å². The fourth-order valence-electron chi connectivity index (χ4n) is 5.34. The van der Waals surface area contributed by atoms with Gasteiger partial charge in [-0.15, -0.1) is 11.3 Å². The number of fused-ring (bicyclic) bond motifs is 2. The second kappa shape index (κ2) is 8.07. The van der Waals surface area contributed by atoms with Crippen LogP contribution in [-0.4, -0.2) is 43.3 Å². The molecule has 34 heavy (non-hydrogen) atoms. The number of hydrogen-bond donors (Lipinski definition) is 2. The van der Waals surface area contributed by atoms with Gasteiger partial charge in [-0.05, 0) is 50.5 Å². The van der Waals surface area contributed by atoms with Crippen LogP contribution in [0.5, 0.6) is 5.75 Å². The van der Waals surface area contributed by atoms with Crippen molar-refractivity contribution in [3.05, 3.63) is 29.2 Å². The smallest absolute Gasteiger partial charge is 0.197 e. The van der Waals surface area contributed by atoms with E-state index >= 15 is 0 Å². The first-order valence-electron chi connectivity index (χ1n) is 12.1. The van der Waals surface area contributed by atoms with E-state index in [9.17, 15) is 5.26 Å². The number of nitrogens with zero attached hydrogens (tertiary/aromatic N) is 5. The minimum atomic E-state index is -0.227. The van der Waals surface area contributed by atoms with Gasteiger partial charge in [-0.2, -0.15) is 10.4 Å². The van der Waals surface area contributed by atoms with Crippen molar-refractivity contribution >= 4 is 27.3 Å². The van der Waals surface area contributed by atoms with E-state index in [1.54, 1.807) is 29.3 Å². The summed E-state index contributed by atoms with van der Waals surface area (Å²) in [5.74, 6) is 1.51. The second-order valence-corrected chi connectivity index (χ2v) is 11.0. The molecule has 2 N–H and O–H groups in total. The van der Waals surface area contributed by atoms with Crippen LogP contribution >= 0.6 is 11.3 Å². The predicted octanol–water partition coefficient (Wildman–Crippen LogP) is 5.14. The van der Waals surface area contributed by atoms with Gasteiger partial charge in [-0.25, -0.2) is 14.5 Å². The molecule has 2 aliphatic rings. The molecule has 0 atom stereocenters. The standard InChI is InChI=1S/C25H29N7OS/c1-14(2)19-20(16-10-18(33-3)22-27-13-28-32(22)11-16)29-24-21(19)30-23(34-24)15-4-6-17(7-5-15)31-25(12-26)8-9-25/h10-11,13-15,17,29,31H,4-9H2,1-3H3. The van der Waals surface area contributed by atoms with Crippen LogP contribution in [0.1, 0.15) is 74.8 Å². The van der Waals surface area contributed by atoms with Crippen molar-refractivity contribution in [2.24, 2.45) is 0 Å². The summed E-state index contributed by atoms with van der Waals surface area (Å²) in [6, 6.07) is 4.95. The molecule has 8 nitrogen and oxygen atoms in total. The highest BCUT2D eigenvalue weighted by molar-refractivity contribution is 7.18. The molecule has 0 saturated heterocycles. The van der Waals surface area contributed by atoms with Crippen molar-refractivity contribution in [1.29, 1.82) is 5.26 Å². The Morgan fingerprint density at radius 2 is 2.09 bits per heavy atom. The SMILES string of the molecule is COc1cc(-c2[nH]c3sc(C4CCC(NC5(C#N)CC5)CC4)nc3c2C(C)C)cn2ncnc12. The van der Waals surface area contributed by atoms with Crippen molar-refractivity contribution in [2.75, 3.05) is 7.11 Å². The van der Waals surface area contributed by atoms with E-state index < -0.39 is 0 Å². The molecule has 0 radical (unpaired) electrons. The van der Waals surface area contributed by atoms with Gasteiger partial charge >= 0.3 is 0 Å². The predicted molar refractivity (Wildman–Crippen MR) is 132 cm³/mol. The van der Waals surface area contributed by atoms with Gasteiger partial charge in [0.25, 0.3) is 0 Å². The monoisotopic (exact) mass is 475 g/mol. The first-order chi connectivity index (χ1) is 16.5. The molecular formula is C25H29N7OS. The first-order valence-corrected chi connectivity index (χ1v) is 12.9. The van der Waals surface area contributed by atoms with Gasteiger partial charge < -0.3 is 9.72 Å². The van der Waals surface area contributed by atoms with Crippen LogP contribution in [0.4, 0.5) is 0 Å². The molecular weight excluding hydrogens is 446 g/mol. The maximum absolute atomic E-state index is 9.38. The minimum absolute atomic E-state index is 0.227. The van der Waals surface area contributed by atoms with Crippen LogP contribution < -0.4 is 10.1 Å². The fraction of sp³-hybridized carbons (Fsp3) is 0.520. The lowest BCUT2D eigenvalue weighted by Gasteiger charge is -2.29. The molecule has 2 fully saturated rings. The number of rotatable bonds is 6. The van der Waals surface area contributed by atoms with Gasteiger partial charge in [0.15, 0.2) is 11.4 Å². The molecule has 0 aliphatic heterocycles. The van der Waals surface area contributed by atoms with Crippen LogP contribution in [0.3, 0.4) is 0 Å². The van der Waals surface area contributed by atoms with E-state index in [0.717, 1.165) is 60.1 Å². The van der Waals surface area contributed by atoms with E-state index in [-0.39, 0.29) is 5.54 Å². The highest BCUT2D eigenvalue weighted by Crippen LogP contribution is 2.43. The normalized spacial score (nSPS) is 21.9. The van der Waals surface area contributed by atoms with Crippen molar-refractivity contribution in [3.63, 3.8) is 0 Å². The lowest BCUT2D eigenvalue weighted by atomic mass is 9.86. The fourth-order valence-corrected chi connectivity index (χ4v) is 6.49. The third-order valence-electron chi connectivity index (χ3n) is 7.35. The number of aromatic amines is 1. The Labute approximate surface area is 202 Å². The van der Waals surface area contributed by atoms with Crippen molar-refractivity contribution in [2.45, 2.75) is 75.8 Å². The van der Waals surface area contributed by atoms with Gasteiger partial charge in [-0.3, -0.25) is 5.32 Å². The zero-order chi connectivity index (χ0) is 23.4. The topological polar surface area (TPSA) is 104 Å². The summed E-state index contributed by atoms with van der Waals surface area (Å²) >= 11 is 1.79. The molecule has 2 saturated carbocycles. The summed E-state index contributed by atoms with van der Waals surface area (Å²) in [5.41, 5.74) is 4.89. The molecule has 9 heteroatoms. The van der Waals surface area contributed by atoms with Crippen LogP contribution in [0.25, 0.3) is 27.3 Å². The first kappa shape index (κ1) is 21.6. The van der Waals surface area contributed by atoms with Gasteiger partial charge in [0.05, 0.1) is 23.9 Å². The number of nitriles is 1. The number of H-pyrrole nitrogens is 1. The molecule has 4 aromatic rings. The Bertz CT molecular complexity index is 1400. The average Bonchev–Trinajstić information content (AvgIpc) is 3.16. The molecule has 4 heterocycles. The third-order valence-corrected chi connectivity index (χ3v) is 8.49. The van der Waals surface area contributed by atoms with E-state index in [1.807, 2.05) is 12.3 Å². The largest absolute Gasteiger partial charge is 0.493 e. The third kappa shape index (κ3) is 3.56. The lowest BCUT2D eigenvalue weighted by Crippen LogP contribution is -2.41. The van der Waals surface area contributed by atoms with Gasteiger partial charge in [0.2, 0.25) is 0 Å². The number of ether oxygens (including phenoxy) is 1. The molecule has 0 unspecified atom stereocenters. The van der Waals surface area contributed by atoms with E-state index in [0.29, 0.717) is 29.3 Å². The van der Waals surface area contributed by atoms with E-state index in [1.165, 1.54) is 10.6 Å². The van der Waals surface area contributed by atoms with Gasteiger partial charge in [0.1, 0.15) is 22.2 Å². The maximum atomic E-state index is 9.38. The Kier molecular flexibility index (Phi) is 5.12. The number of pyridine rings is 1. The molecule has 2 aliphatic carbocycles. The van der Waals surface area contributed by atoms with Gasteiger partial charge in [0, 0.05) is 29.3 Å². The summed E-state index contributed by atoms with van der Waals surface area (Å²) in [5, 5.41) is 18.5. The number of nitrogens with one attached hydrogen (secondary N) is 2. The summed E-state index contributed by atoms with van der Waals surface area (Å²) in [6.07, 6.45) is 10.0. The van der Waals surface area contributed by atoms with Crippen LogP contribution in [0, 0.1) is 11.3 Å². The number of aromatic nitrogens is 5. The molecule has 0 spiro atoms. The Morgan fingerprint density at radius 3 is 2.76 bits per heavy atom. The zero-order valence-electron chi connectivity index (χ0n) is 19.8. The lowest BCUT2D eigenvalue weighted by molar-refractivity contribution is 0.325. The quantitative estimate of drug-likeness (QED) is 0.400. The van der Waals surface area contributed by atoms with Crippen molar-refractivity contribution < 1.29 is 4.74 Å². The molecule has 176 valence electrons. The summed E-state index contributed by atoms with van der Waals surface area (Å²) in [7, 11) is 1.66. The van der Waals surface area contributed by atoms with E-state index in [4.69, 9.17) is 9.72 Å². The summed E-state index contributed by atoms with van der Waals surface area (Å²) in [4.78, 5) is 14.3. The van der Waals surface area contributed by atoms with E-state index in [2.05, 4.69) is 40.3 Å². The maximum Gasteiger partial charge on any atom is 0.197 e. The van der Waals surface area contributed by atoms with Gasteiger partial charge in [-0.1, -0.05) is 13.8 Å². The van der Waals surface area contributed by atoms with Crippen molar-refractivity contribution in [1.82, 2.24) is 29.9 Å². The number of methoxy groups -OCH3 is 1. The number of hydrogen-bond acceptors (Lipinski definition) is 7. The highest BCUT2D eigenvalue weighted by atomic mass is 32.1. The molecule has 4 aromatic heterocycles. The highest BCUT2D eigenvalue weighted by Gasteiger charge is 2.45. The van der Waals surface area contributed by atoms with Crippen molar-refractivity contribution in [3.8, 4) is 23.1 Å². The molecule has 0 bridgehead atoms. The summed E-state index contributed by atoms with van der Waals surface area (Å²) in [6.45, 7) is 4.44. The Balaban J connectivity index is 1.29. The summed E-state index contributed by atoms with van der Waals surface area (Å²) < 4.78 is 7.34. The number of thiazole rings is 1. The second-order valence-electron chi connectivity index (χ2n) is 10.0. The zero-order valence-corrected chi connectivity index (χ0v) is 20.6. The Morgan fingerprint density at radius 1 is 1.29 bits per heavy atom. The average molecular weight is 476 g/mol. The Hall–Kier alpha value is -2.96. The minimum Gasteiger partial charge on any atom is -0.493 e. The van der Waals surface area contributed by atoms with Crippen LogP contribution in [-0.2, 0) is 0 Å². The molecule has 6 rings (SSSR count).